The Morgan fingerprint density at radius 2 is 1.86 bits per heavy atom. The molecule has 3 amide bonds. The molecule has 1 aromatic heterocycles. The second-order valence-corrected chi connectivity index (χ2v) is 9.16. The van der Waals surface area contributed by atoms with Gasteiger partial charge in [0.2, 0.25) is 0 Å². The fraction of sp³-hybridized carbons (Fsp3) is 0.320. The first-order valence-electron chi connectivity index (χ1n) is 11.5. The lowest BCUT2D eigenvalue weighted by Crippen LogP contribution is -2.48. The molecule has 35 heavy (non-hydrogen) atoms. The number of hydrogen-bond acceptors (Lipinski definition) is 4. The number of aromatic amines is 1. The van der Waals surface area contributed by atoms with Crippen LogP contribution in [0.3, 0.4) is 0 Å². The molecule has 2 atom stereocenters. The van der Waals surface area contributed by atoms with Crippen LogP contribution in [0.4, 0.5) is 10.1 Å². The van der Waals surface area contributed by atoms with E-state index < -0.39 is 11.7 Å². The molecule has 10 heteroatoms. The van der Waals surface area contributed by atoms with Crippen molar-refractivity contribution in [1.29, 1.82) is 0 Å². The van der Waals surface area contributed by atoms with E-state index in [0.717, 1.165) is 17.3 Å². The zero-order valence-electron chi connectivity index (χ0n) is 18.8. The number of hydrogen-bond donors (Lipinski definition) is 3. The molecule has 0 bridgehead atoms. The van der Waals surface area contributed by atoms with E-state index in [0.29, 0.717) is 42.3 Å². The van der Waals surface area contributed by atoms with Crippen LogP contribution in [0.2, 0.25) is 5.02 Å². The number of aromatic nitrogens is 1. The Kier molecular flexibility index (Phi) is 6.44. The van der Waals surface area contributed by atoms with E-state index in [1.165, 1.54) is 17.0 Å². The fourth-order valence-electron chi connectivity index (χ4n) is 4.68. The highest BCUT2D eigenvalue weighted by molar-refractivity contribution is 6.35. The smallest absolute Gasteiger partial charge is 0.254 e. The van der Waals surface area contributed by atoms with Gasteiger partial charge in [0, 0.05) is 47.0 Å². The highest BCUT2D eigenvalue weighted by atomic mass is 35.5. The van der Waals surface area contributed by atoms with E-state index in [2.05, 4.69) is 15.6 Å². The standard InChI is InChI=1S/C25H24ClFN4O4/c26-18-12-28-22-10-14(4-6-16(18)22)24(33)29-20-2-1-3-21(20)30-25(34)17-7-5-15(11-19(17)27)31-8-9-35-13-23(31)32/h4-7,10-12,20-21,28H,1-3,8-9,13H2,(H,29,33)(H,30,34)/t20-,21+/m1/s1. The minimum absolute atomic E-state index is 0.0503. The Labute approximate surface area is 205 Å². The molecular formula is C25H24ClFN4O4. The number of nitrogens with one attached hydrogen (secondary N) is 3. The van der Waals surface area contributed by atoms with Gasteiger partial charge in [-0.05, 0) is 49.6 Å². The number of morpholine rings is 1. The number of fused-ring (bicyclic) bond motifs is 1. The van der Waals surface area contributed by atoms with Gasteiger partial charge in [-0.2, -0.15) is 0 Å². The van der Waals surface area contributed by atoms with Gasteiger partial charge < -0.3 is 25.3 Å². The van der Waals surface area contributed by atoms with Gasteiger partial charge in [0.05, 0.1) is 17.2 Å². The van der Waals surface area contributed by atoms with Gasteiger partial charge in [0.15, 0.2) is 0 Å². The lowest BCUT2D eigenvalue weighted by molar-refractivity contribution is -0.125. The van der Waals surface area contributed by atoms with Gasteiger partial charge in [-0.15, -0.1) is 0 Å². The zero-order chi connectivity index (χ0) is 24.5. The van der Waals surface area contributed by atoms with Gasteiger partial charge in [-0.1, -0.05) is 17.7 Å². The molecule has 1 saturated carbocycles. The van der Waals surface area contributed by atoms with Crippen LogP contribution >= 0.6 is 11.6 Å². The average Bonchev–Trinajstić information content (AvgIpc) is 3.44. The molecule has 0 spiro atoms. The maximum Gasteiger partial charge on any atom is 0.254 e. The van der Waals surface area contributed by atoms with Gasteiger partial charge in [0.25, 0.3) is 17.7 Å². The Bertz CT molecular complexity index is 1310. The van der Waals surface area contributed by atoms with Crippen molar-refractivity contribution < 1.29 is 23.5 Å². The predicted molar refractivity (Wildman–Crippen MR) is 129 cm³/mol. The molecule has 2 heterocycles. The van der Waals surface area contributed by atoms with Crippen LogP contribution < -0.4 is 15.5 Å². The summed E-state index contributed by atoms with van der Waals surface area (Å²) in [7, 11) is 0. The summed E-state index contributed by atoms with van der Waals surface area (Å²) in [5.74, 6) is -1.78. The molecule has 2 fully saturated rings. The minimum atomic E-state index is -0.712. The van der Waals surface area contributed by atoms with Crippen molar-refractivity contribution in [3.05, 3.63) is 64.6 Å². The average molecular weight is 499 g/mol. The van der Waals surface area contributed by atoms with Crippen LogP contribution in [-0.4, -0.2) is 54.5 Å². The molecule has 2 aliphatic rings. The van der Waals surface area contributed by atoms with Crippen molar-refractivity contribution in [3.63, 3.8) is 0 Å². The van der Waals surface area contributed by atoms with E-state index in [1.807, 2.05) is 0 Å². The number of carbonyl (C=O) groups excluding carboxylic acids is 3. The Morgan fingerprint density at radius 1 is 1.09 bits per heavy atom. The number of benzene rings is 2. The molecule has 182 valence electrons. The van der Waals surface area contributed by atoms with Crippen molar-refractivity contribution in [2.24, 2.45) is 0 Å². The van der Waals surface area contributed by atoms with Gasteiger partial charge in [0.1, 0.15) is 12.4 Å². The van der Waals surface area contributed by atoms with E-state index in [9.17, 15) is 18.8 Å². The summed E-state index contributed by atoms with van der Waals surface area (Å²) in [5, 5.41) is 7.28. The third kappa shape index (κ3) is 4.74. The number of amides is 3. The van der Waals surface area contributed by atoms with Crippen molar-refractivity contribution in [2.75, 3.05) is 24.7 Å². The number of ether oxygens (including phenoxy) is 1. The van der Waals surface area contributed by atoms with Crippen molar-refractivity contribution in [2.45, 2.75) is 31.3 Å². The van der Waals surface area contributed by atoms with E-state index >= 15 is 0 Å². The maximum absolute atomic E-state index is 14.8. The second-order valence-electron chi connectivity index (χ2n) is 8.75. The van der Waals surface area contributed by atoms with Crippen LogP contribution in [0.25, 0.3) is 10.9 Å². The first-order valence-corrected chi connectivity index (χ1v) is 11.8. The zero-order valence-corrected chi connectivity index (χ0v) is 19.5. The molecule has 1 aliphatic carbocycles. The molecule has 1 saturated heterocycles. The first-order chi connectivity index (χ1) is 16.9. The minimum Gasteiger partial charge on any atom is -0.370 e. The number of nitrogens with zero attached hydrogens (tertiary/aromatic N) is 1. The summed E-state index contributed by atoms with van der Waals surface area (Å²) >= 11 is 6.10. The molecule has 2 aromatic carbocycles. The molecule has 8 nitrogen and oxygen atoms in total. The molecule has 1 aliphatic heterocycles. The summed E-state index contributed by atoms with van der Waals surface area (Å²) in [5.41, 5.74) is 1.52. The van der Waals surface area contributed by atoms with Crippen molar-refractivity contribution >= 4 is 45.9 Å². The highest BCUT2D eigenvalue weighted by Crippen LogP contribution is 2.25. The lowest BCUT2D eigenvalue weighted by Gasteiger charge is -2.27. The molecule has 0 radical (unpaired) electrons. The Hall–Kier alpha value is -3.43. The molecular weight excluding hydrogens is 475 g/mol. The summed E-state index contributed by atoms with van der Waals surface area (Å²) in [4.78, 5) is 42.2. The number of anilines is 1. The van der Waals surface area contributed by atoms with Crippen molar-refractivity contribution in [1.82, 2.24) is 15.6 Å². The second kappa shape index (κ2) is 9.67. The summed E-state index contributed by atoms with van der Waals surface area (Å²) in [6.45, 7) is 0.652. The lowest BCUT2D eigenvalue weighted by atomic mass is 10.1. The quantitative estimate of drug-likeness (QED) is 0.501. The number of halogens is 2. The van der Waals surface area contributed by atoms with Gasteiger partial charge in [-0.25, -0.2) is 4.39 Å². The summed E-state index contributed by atoms with van der Waals surface area (Å²) in [6.07, 6.45) is 3.86. The third-order valence-electron chi connectivity index (χ3n) is 6.54. The largest absolute Gasteiger partial charge is 0.370 e. The molecule has 5 rings (SSSR count). The van der Waals surface area contributed by atoms with Crippen molar-refractivity contribution in [3.8, 4) is 0 Å². The van der Waals surface area contributed by atoms with Crippen LogP contribution in [-0.2, 0) is 9.53 Å². The Morgan fingerprint density at radius 3 is 2.60 bits per heavy atom. The molecule has 0 unspecified atom stereocenters. The molecule has 3 N–H and O–H groups in total. The number of rotatable bonds is 5. The maximum atomic E-state index is 14.8. The predicted octanol–water partition coefficient (Wildman–Crippen LogP) is 3.40. The number of H-pyrrole nitrogens is 1. The molecule has 3 aromatic rings. The summed E-state index contributed by atoms with van der Waals surface area (Å²) in [6, 6.07) is 8.74. The monoisotopic (exact) mass is 498 g/mol. The SMILES string of the molecule is O=C(N[C@@H]1CCC[C@@H]1NC(=O)c1ccc(N2CCOCC2=O)cc1F)c1ccc2c(Cl)c[nH]c2c1. The highest BCUT2D eigenvalue weighted by Gasteiger charge is 2.31. The Balaban J connectivity index is 1.24. The fourth-order valence-corrected chi connectivity index (χ4v) is 4.90. The topological polar surface area (TPSA) is 104 Å². The van der Waals surface area contributed by atoms with E-state index in [4.69, 9.17) is 16.3 Å². The van der Waals surface area contributed by atoms with Gasteiger partial charge >= 0.3 is 0 Å². The first kappa shape index (κ1) is 23.3. The number of carbonyl (C=O) groups is 3. The van der Waals surface area contributed by atoms with Crippen LogP contribution in [0.5, 0.6) is 0 Å². The van der Waals surface area contributed by atoms with Crippen LogP contribution in [0, 0.1) is 5.82 Å². The van der Waals surface area contributed by atoms with Crippen LogP contribution in [0.1, 0.15) is 40.0 Å². The van der Waals surface area contributed by atoms with Gasteiger partial charge in [-0.3, -0.25) is 14.4 Å². The van der Waals surface area contributed by atoms with E-state index in [1.54, 1.807) is 30.5 Å². The van der Waals surface area contributed by atoms with E-state index in [-0.39, 0.29) is 36.1 Å². The van der Waals surface area contributed by atoms with Crippen LogP contribution in [0.15, 0.2) is 42.6 Å². The normalized spacial score (nSPS) is 20.3. The summed E-state index contributed by atoms with van der Waals surface area (Å²) < 4.78 is 19.9. The third-order valence-corrected chi connectivity index (χ3v) is 6.85.